The van der Waals surface area contributed by atoms with Crippen molar-refractivity contribution in [2.24, 2.45) is 0 Å². The van der Waals surface area contributed by atoms with E-state index in [1.165, 1.54) is 38.9 Å². The highest BCUT2D eigenvalue weighted by atomic mass is 16.5. The van der Waals surface area contributed by atoms with Crippen LogP contribution in [0.2, 0.25) is 0 Å². The first-order valence-corrected chi connectivity index (χ1v) is 14.6. The monoisotopic (exact) mass is 542 g/mol. The van der Waals surface area contributed by atoms with Gasteiger partial charge in [-0.3, -0.25) is 0 Å². The number of rotatable bonds is 5. The zero-order valence-electron chi connectivity index (χ0n) is 23.5. The fourth-order valence-electron chi connectivity index (χ4n) is 7.07. The second kappa shape index (κ2) is 9.80. The average molecular weight is 543 g/mol. The van der Waals surface area contributed by atoms with E-state index in [0.717, 1.165) is 43.9 Å². The van der Waals surface area contributed by atoms with Crippen molar-refractivity contribution in [2.45, 2.75) is 50.6 Å². The van der Waals surface area contributed by atoms with E-state index in [1.54, 1.807) is 0 Å². The molecule has 0 radical (unpaired) electrons. The lowest BCUT2D eigenvalue weighted by molar-refractivity contribution is 0.142. The first kappa shape index (κ1) is 25.4. The van der Waals surface area contributed by atoms with Crippen LogP contribution < -0.4 is 14.5 Å². The minimum absolute atomic E-state index is 0.0158. The highest BCUT2D eigenvalue weighted by molar-refractivity contribution is 5.97. The number of aryl methyl sites for hydroxylation is 1. The molecule has 3 aliphatic heterocycles. The number of benzene rings is 2. The molecule has 1 aromatic heterocycles. The first-order valence-electron chi connectivity index (χ1n) is 14.6. The average Bonchev–Trinajstić information content (AvgIpc) is 3.60. The number of hydrogen-bond acceptors (Lipinski definition) is 7. The van der Waals surface area contributed by atoms with Gasteiger partial charge in [-0.2, -0.15) is 9.97 Å². The van der Waals surface area contributed by atoms with Gasteiger partial charge in [-0.25, -0.2) is 4.79 Å². The molecular weight excluding hydrogens is 504 g/mol. The molecule has 2 aromatic carbocycles. The Labute approximate surface area is 235 Å². The second-order valence-corrected chi connectivity index (χ2v) is 12.1. The van der Waals surface area contributed by atoms with Gasteiger partial charge in [0.1, 0.15) is 12.4 Å². The van der Waals surface area contributed by atoms with Crippen LogP contribution in [0.4, 0.5) is 16.3 Å². The summed E-state index contributed by atoms with van der Waals surface area (Å²) in [5, 5.41) is 12.1. The van der Waals surface area contributed by atoms with Crippen molar-refractivity contribution in [3.8, 4) is 6.01 Å². The van der Waals surface area contributed by atoms with Gasteiger partial charge in [0.2, 0.25) is 0 Å². The largest absolute Gasteiger partial charge is 0.465 e. The van der Waals surface area contributed by atoms with Crippen molar-refractivity contribution in [3.05, 3.63) is 53.2 Å². The molecule has 0 unspecified atom stereocenters. The number of ether oxygens (including phenoxy) is 1. The molecule has 3 aromatic rings. The summed E-state index contributed by atoms with van der Waals surface area (Å²) in [4.78, 5) is 30.3. The molecule has 210 valence electrons. The van der Waals surface area contributed by atoms with Crippen LogP contribution >= 0.6 is 0 Å². The lowest BCUT2D eigenvalue weighted by Crippen LogP contribution is -2.50. The van der Waals surface area contributed by atoms with Crippen molar-refractivity contribution in [2.75, 3.05) is 62.7 Å². The highest BCUT2D eigenvalue weighted by Gasteiger charge is 2.53. The van der Waals surface area contributed by atoms with Crippen LogP contribution in [-0.4, -0.2) is 89.9 Å². The maximum Gasteiger partial charge on any atom is 0.407 e. The Bertz CT molecular complexity index is 1440. The standard InChI is InChI=1S/C31H38N6O3/c1-21-6-3-7-22-8-4-10-25(26(21)22)37-18-24-27(31(20-37)11-12-31)28(35-14-16-36(17-15-35)30(38)39)33-29(32-24)40-19-23-9-5-13-34(23)2/h3-4,6-8,10,23H,5,9,11-20H2,1-2H3,(H,38,39)/t23-/m0/s1. The molecule has 7 rings (SSSR count). The number of amides is 1. The normalized spacial score (nSPS) is 22.1. The zero-order valence-corrected chi connectivity index (χ0v) is 23.5. The summed E-state index contributed by atoms with van der Waals surface area (Å²) in [6.07, 6.45) is 3.69. The molecule has 1 saturated carbocycles. The van der Waals surface area contributed by atoms with E-state index < -0.39 is 6.09 Å². The Morgan fingerprint density at radius 3 is 2.52 bits per heavy atom. The molecule has 1 amide bonds. The van der Waals surface area contributed by atoms with Crippen LogP contribution in [0.25, 0.3) is 10.8 Å². The van der Waals surface area contributed by atoms with Gasteiger partial charge in [-0.1, -0.05) is 30.3 Å². The van der Waals surface area contributed by atoms with Gasteiger partial charge in [-0.05, 0) is 63.2 Å². The smallest absolute Gasteiger partial charge is 0.407 e. The Morgan fingerprint density at radius 1 is 1.05 bits per heavy atom. The van der Waals surface area contributed by atoms with E-state index >= 15 is 0 Å². The lowest BCUT2D eigenvalue weighted by Gasteiger charge is -2.41. The Morgan fingerprint density at radius 2 is 1.82 bits per heavy atom. The van der Waals surface area contributed by atoms with Gasteiger partial charge >= 0.3 is 12.1 Å². The maximum atomic E-state index is 11.6. The fourth-order valence-corrected chi connectivity index (χ4v) is 7.07. The Kier molecular flexibility index (Phi) is 6.22. The molecular formula is C31H38N6O3. The zero-order chi connectivity index (χ0) is 27.4. The van der Waals surface area contributed by atoms with Crippen molar-refractivity contribution >= 4 is 28.4 Å². The van der Waals surface area contributed by atoms with E-state index in [4.69, 9.17) is 14.7 Å². The molecule has 9 nitrogen and oxygen atoms in total. The van der Waals surface area contributed by atoms with E-state index in [1.807, 2.05) is 0 Å². The summed E-state index contributed by atoms with van der Waals surface area (Å²) in [5.74, 6) is 0.955. The molecule has 1 aliphatic carbocycles. The predicted molar refractivity (Wildman–Crippen MR) is 156 cm³/mol. The molecule has 1 spiro atoms. The second-order valence-electron chi connectivity index (χ2n) is 12.1. The number of aromatic nitrogens is 2. The van der Waals surface area contributed by atoms with E-state index in [9.17, 15) is 9.90 Å². The van der Waals surface area contributed by atoms with E-state index in [0.29, 0.717) is 51.4 Å². The quantitative estimate of drug-likeness (QED) is 0.512. The molecule has 2 saturated heterocycles. The highest BCUT2D eigenvalue weighted by Crippen LogP contribution is 2.56. The van der Waals surface area contributed by atoms with Crippen molar-refractivity contribution in [3.63, 3.8) is 0 Å². The van der Waals surface area contributed by atoms with Crippen molar-refractivity contribution in [1.29, 1.82) is 0 Å². The molecule has 0 bridgehead atoms. The minimum atomic E-state index is -0.853. The van der Waals surface area contributed by atoms with Crippen LogP contribution in [0.3, 0.4) is 0 Å². The van der Waals surface area contributed by atoms with Gasteiger partial charge < -0.3 is 29.4 Å². The van der Waals surface area contributed by atoms with Gasteiger partial charge in [-0.15, -0.1) is 0 Å². The summed E-state index contributed by atoms with van der Waals surface area (Å²) >= 11 is 0. The molecule has 4 aliphatic rings. The van der Waals surface area contributed by atoms with Crippen LogP contribution in [0.15, 0.2) is 36.4 Å². The van der Waals surface area contributed by atoms with E-state index in [-0.39, 0.29) is 5.41 Å². The Hall–Kier alpha value is -3.59. The van der Waals surface area contributed by atoms with Gasteiger partial charge in [0.25, 0.3) is 0 Å². The van der Waals surface area contributed by atoms with Crippen molar-refractivity contribution < 1.29 is 14.6 Å². The van der Waals surface area contributed by atoms with Crippen molar-refractivity contribution in [1.82, 2.24) is 19.8 Å². The number of piperazine rings is 1. The third-order valence-corrected chi connectivity index (χ3v) is 9.52. The summed E-state index contributed by atoms with van der Waals surface area (Å²) in [6, 6.07) is 13.9. The van der Waals surface area contributed by atoms with Crippen LogP contribution in [0, 0.1) is 6.92 Å². The number of likely N-dealkylation sites (tertiary alicyclic amines) is 1. The topological polar surface area (TPSA) is 85.3 Å². The molecule has 1 N–H and O–H groups in total. The predicted octanol–water partition coefficient (Wildman–Crippen LogP) is 4.26. The minimum Gasteiger partial charge on any atom is -0.465 e. The van der Waals surface area contributed by atoms with Gasteiger partial charge in [0.15, 0.2) is 0 Å². The summed E-state index contributed by atoms with van der Waals surface area (Å²) < 4.78 is 6.32. The molecule has 4 heterocycles. The Balaban J connectivity index is 1.27. The van der Waals surface area contributed by atoms with Crippen LogP contribution in [0.5, 0.6) is 6.01 Å². The third kappa shape index (κ3) is 4.40. The summed E-state index contributed by atoms with van der Waals surface area (Å²) in [5.41, 5.74) is 4.87. The van der Waals surface area contributed by atoms with Gasteiger partial charge in [0, 0.05) is 60.8 Å². The number of nitrogens with zero attached hydrogens (tertiary/aromatic N) is 6. The molecule has 3 fully saturated rings. The number of carbonyl (C=O) groups is 1. The summed E-state index contributed by atoms with van der Waals surface area (Å²) in [6.45, 7) is 7.72. The number of hydrogen-bond donors (Lipinski definition) is 1. The van der Waals surface area contributed by atoms with Gasteiger partial charge in [0.05, 0.1) is 12.2 Å². The molecule has 9 heteroatoms. The van der Waals surface area contributed by atoms with Crippen LogP contribution in [-0.2, 0) is 12.0 Å². The van der Waals surface area contributed by atoms with Crippen LogP contribution in [0.1, 0.15) is 42.5 Å². The SMILES string of the molecule is Cc1cccc2cccc(N3Cc4nc(OC[C@@H]5CCCN5C)nc(N5CCN(C(=O)O)CC5)c4C4(CC4)C3)c12. The number of likely N-dealkylation sites (N-methyl/N-ethyl adjacent to an activating group) is 1. The van der Waals surface area contributed by atoms with E-state index in [2.05, 4.69) is 65.1 Å². The molecule has 40 heavy (non-hydrogen) atoms. The first-order chi connectivity index (χ1) is 19.4. The fraction of sp³-hybridized carbons (Fsp3) is 0.516. The lowest BCUT2D eigenvalue weighted by atomic mass is 9.88. The third-order valence-electron chi connectivity index (χ3n) is 9.52. The number of fused-ring (bicyclic) bond motifs is 3. The molecule has 1 atom stereocenters. The summed E-state index contributed by atoms with van der Waals surface area (Å²) in [7, 11) is 2.16. The maximum absolute atomic E-state index is 11.6. The number of carboxylic acid groups (broad SMARTS) is 1. The number of anilines is 2.